The standard InChI is InChI=1S/2C54H34N2OS/c2*1-2-15-38(16-3-1)56-48-24-8-6-19-46(48)53-51(56)47-23-11-21-43(52(47)57-53)37-29-33-40(34-30-37)55(49-25-12-22-45-44-18-7-9-26-50(44)58-54(45)49)39-31-27-36(28-32-39)42-20-10-14-35-13-4-5-17-41(35)42/h2*1-34H. The average molecular weight is 1520 g/mol. The van der Waals surface area contributed by atoms with Crippen molar-refractivity contribution >= 4 is 185 Å². The zero-order chi connectivity index (χ0) is 76.3. The van der Waals surface area contributed by atoms with E-state index in [0.717, 1.165) is 134 Å². The first-order valence-corrected chi connectivity index (χ1v) is 41.0. The Hall–Kier alpha value is -14.8. The number of para-hydroxylation sites is 6. The molecule has 24 rings (SSSR count). The van der Waals surface area contributed by atoms with Gasteiger partial charge in [-0.3, -0.25) is 0 Å². The van der Waals surface area contributed by atoms with E-state index < -0.39 is 0 Å². The van der Waals surface area contributed by atoms with Gasteiger partial charge in [-0.25, -0.2) is 0 Å². The van der Waals surface area contributed by atoms with Crippen molar-refractivity contribution in [2.24, 2.45) is 0 Å². The summed E-state index contributed by atoms with van der Waals surface area (Å²) in [6.45, 7) is 0. The van der Waals surface area contributed by atoms with Crippen molar-refractivity contribution in [1.29, 1.82) is 0 Å². The lowest BCUT2D eigenvalue weighted by Gasteiger charge is -2.26. The molecule has 0 saturated heterocycles. The number of thiophene rings is 2. The third-order valence-electron chi connectivity index (χ3n) is 23.2. The maximum atomic E-state index is 6.89. The first kappa shape index (κ1) is 66.9. The minimum Gasteiger partial charge on any atom is -0.453 e. The Labute approximate surface area is 675 Å². The number of hydrogen-bond acceptors (Lipinski definition) is 6. The van der Waals surface area contributed by atoms with E-state index in [2.05, 4.69) is 431 Å². The molecule has 0 N–H and O–H groups in total. The largest absolute Gasteiger partial charge is 0.453 e. The number of hydrogen-bond donors (Lipinski definition) is 0. The van der Waals surface area contributed by atoms with Crippen LogP contribution in [0.3, 0.4) is 0 Å². The van der Waals surface area contributed by atoms with Gasteiger partial charge in [0, 0.05) is 97.7 Å². The van der Waals surface area contributed by atoms with Gasteiger partial charge >= 0.3 is 0 Å². The van der Waals surface area contributed by atoms with Crippen molar-refractivity contribution in [1.82, 2.24) is 9.13 Å². The molecule has 0 saturated carbocycles. The van der Waals surface area contributed by atoms with Crippen molar-refractivity contribution in [3.05, 3.63) is 413 Å². The monoisotopic (exact) mass is 1520 g/mol. The summed E-state index contributed by atoms with van der Waals surface area (Å²) in [6.07, 6.45) is 0. The Morgan fingerprint density at radius 3 is 0.905 bits per heavy atom. The smallest absolute Gasteiger partial charge is 0.161 e. The van der Waals surface area contributed by atoms with E-state index in [0.29, 0.717) is 0 Å². The zero-order valence-electron chi connectivity index (χ0n) is 62.7. The molecular formula is C108H68N4O2S2. The summed E-state index contributed by atoms with van der Waals surface area (Å²) in [7, 11) is 0. The molecule has 0 bridgehead atoms. The van der Waals surface area contributed by atoms with Crippen LogP contribution in [0.5, 0.6) is 0 Å². The molecule has 0 atom stereocenters. The van der Waals surface area contributed by atoms with Crippen LogP contribution in [0.2, 0.25) is 0 Å². The molecule has 0 spiro atoms. The van der Waals surface area contributed by atoms with Gasteiger partial charge in [0.25, 0.3) is 0 Å². The summed E-state index contributed by atoms with van der Waals surface area (Å²) >= 11 is 3.71. The molecule has 0 fully saturated rings. The van der Waals surface area contributed by atoms with Crippen LogP contribution in [0.25, 0.3) is 184 Å². The molecule has 8 heteroatoms. The van der Waals surface area contributed by atoms with Crippen molar-refractivity contribution in [2.45, 2.75) is 0 Å². The van der Waals surface area contributed by atoms with Crippen LogP contribution in [0.1, 0.15) is 0 Å². The molecule has 116 heavy (non-hydrogen) atoms. The lowest BCUT2D eigenvalue weighted by molar-refractivity contribution is 0.673. The van der Waals surface area contributed by atoms with Crippen LogP contribution in [-0.4, -0.2) is 9.13 Å². The summed E-state index contributed by atoms with van der Waals surface area (Å²) in [6, 6.07) is 148. The molecule has 0 aliphatic heterocycles. The highest BCUT2D eigenvalue weighted by atomic mass is 32.1. The Balaban J connectivity index is 0.000000137. The predicted molar refractivity (Wildman–Crippen MR) is 493 cm³/mol. The number of furan rings is 2. The van der Waals surface area contributed by atoms with Gasteiger partial charge in [-0.15, -0.1) is 22.7 Å². The average Bonchev–Trinajstić information content (AvgIpc) is 1.56. The van der Waals surface area contributed by atoms with Gasteiger partial charge in [-0.2, -0.15) is 0 Å². The van der Waals surface area contributed by atoms with Crippen LogP contribution < -0.4 is 9.80 Å². The molecule has 0 aliphatic carbocycles. The van der Waals surface area contributed by atoms with Crippen LogP contribution in [0, 0.1) is 0 Å². The van der Waals surface area contributed by atoms with Gasteiger partial charge in [0.1, 0.15) is 22.2 Å². The Bertz CT molecular complexity index is 7460. The highest BCUT2D eigenvalue weighted by Crippen LogP contribution is 2.51. The third kappa shape index (κ3) is 11.0. The molecule has 0 radical (unpaired) electrons. The quantitative estimate of drug-likeness (QED) is 0.122. The molecule has 6 heterocycles. The van der Waals surface area contributed by atoms with E-state index in [1.807, 2.05) is 22.7 Å². The van der Waals surface area contributed by atoms with Gasteiger partial charge in [-0.05, 0) is 188 Å². The molecule has 18 aromatic carbocycles. The fraction of sp³-hybridized carbons (Fsp3) is 0. The van der Waals surface area contributed by atoms with Gasteiger partial charge in [0.2, 0.25) is 0 Å². The van der Waals surface area contributed by atoms with Crippen LogP contribution in [0.4, 0.5) is 34.1 Å². The third-order valence-corrected chi connectivity index (χ3v) is 25.6. The first-order valence-electron chi connectivity index (χ1n) is 39.4. The van der Waals surface area contributed by atoms with Crippen molar-refractivity contribution in [3.63, 3.8) is 0 Å². The zero-order valence-corrected chi connectivity index (χ0v) is 64.3. The maximum Gasteiger partial charge on any atom is 0.161 e. The number of benzene rings is 18. The molecule has 6 aromatic heterocycles. The minimum absolute atomic E-state index is 0.895. The van der Waals surface area contributed by atoms with E-state index in [1.54, 1.807) is 0 Å². The second kappa shape index (κ2) is 27.5. The number of aromatic nitrogens is 2. The van der Waals surface area contributed by atoms with Gasteiger partial charge in [0.15, 0.2) is 11.2 Å². The number of rotatable bonds is 12. The molecule has 544 valence electrons. The van der Waals surface area contributed by atoms with E-state index in [1.165, 1.54) is 84.1 Å². The second-order valence-electron chi connectivity index (χ2n) is 29.7. The Morgan fingerprint density at radius 1 is 0.207 bits per heavy atom. The first-order chi connectivity index (χ1) is 57.6. The van der Waals surface area contributed by atoms with Crippen molar-refractivity contribution in [3.8, 4) is 55.9 Å². The Kier molecular flexibility index (Phi) is 15.9. The predicted octanol–water partition coefficient (Wildman–Crippen LogP) is 31.7. The normalized spacial score (nSPS) is 11.8. The van der Waals surface area contributed by atoms with Crippen molar-refractivity contribution < 1.29 is 8.83 Å². The topological polar surface area (TPSA) is 42.6 Å². The lowest BCUT2D eigenvalue weighted by Crippen LogP contribution is -2.10. The van der Waals surface area contributed by atoms with Gasteiger partial charge in [-0.1, -0.05) is 279 Å². The summed E-state index contributed by atoms with van der Waals surface area (Å²) in [4.78, 5) is 4.82. The molecule has 0 unspecified atom stereocenters. The molecule has 0 amide bonds. The summed E-state index contributed by atoms with van der Waals surface area (Å²) in [5.41, 5.74) is 26.2. The molecule has 6 nitrogen and oxygen atoms in total. The van der Waals surface area contributed by atoms with E-state index in [-0.39, 0.29) is 0 Å². The molecular weight excluding hydrogens is 1450 g/mol. The minimum atomic E-state index is 0.895. The van der Waals surface area contributed by atoms with Crippen LogP contribution in [0.15, 0.2) is 421 Å². The number of nitrogens with zero attached hydrogens (tertiary/aromatic N) is 4. The summed E-state index contributed by atoms with van der Waals surface area (Å²) in [5, 5.41) is 14.5. The van der Waals surface area contributed by atoms with Crippen LogP contribution in [-0.2, 0) is 0 Å². The summed E-state index contributed by atoms with van der Waals surface area (Å²) < 4.78 is 23.6. The SMILES string of the molecule is c1ccc(-n2c3ccccc3c3oc4c(-c5ccc(N(c6ccc(-c7cccc8ccccc78)cc6)c6cccc7c6sc6ccccc67)cc5)cccc4c32)cc1.c1ccc(-n2c3ccccc3c3oc4c(-c5ccc(N(c6ccc(-c7cccc8ccccc78)cc6)c6cccc7c6sc6ccccc67)cc5)cccc4c32)cc1. The maximum absolute atomic E-state index is 6.89. The second-order valence-corrected chi connectivity index (χ2v) is 31.8. The van der Waals surface area contributed by atoms with E-state index in [9.17, 15) is 0 Å². The fourth-order valence-corrected chi connectivity index (χ4v) is 20.3. The summed E-state index contributed by atoms with van der Waals surface area (Å²) in [5.74, 6) is 0. The van der Waals surface area contributed by atoms with Crippen molar-refractivity contribution in [2.75, 3.05) is 9.80 Å². The molecule has 24 aromatic rings. The highest BCUT2D eigenvalue weighted by molar-refractivity contribution is 7.26. The highest BCUT2D eigenvalue weighted by Gasteiger charge is 2.27. The van der Waals surface area contributed by atoms with E-state index >= 15 is 0 Å². The van der Waals surface area contributed by atoms with Crippen LogP contribution >= 0.6 is 22.7 Å². The fourth-order valence-electron chi connectivity index (χ4n) is 17.9. The number of fused-ring (bicyclic) bond motifs is 18. The van der Waals surface area contributed by atoms with E-state index in [4.69, 9.17) is 8.83 Å². The van der Waals surface area contributed by atoms with Gasteiger partial charge < -0.3 is 27.8 Å². The lowest BCUT2D eigenvalue weighted by atomic mass is 9.98. The number of anilines is 6. The Morgan fingerprint density at radius 2 is 0.500 bits per heavy atom. The molecule has 0 aliphatic rings. The van der Waals surface area contributed by atoms with Gasteiger partial charge in [0.05, 0.1) is 31.8 Å².